The Labute approximate surface area is 156 Å². The zero-order chi connectivity index (χ0) is 18.0. The molecule has 0 atom stereocenters. The van der Waals surface area contributed by atoms with E-state index in [4.69, 9.17) is 4.74 Å². The number of nitrogens with one attached hydrogen (secondary N) is 1. The molecule has 0 amide bonds. The highest BCUT2D eigenvalue weighted by molar-refractivity contribution is 9.10. The summed E-state index contributed by atoms with van der Waals surface area (Å²) in [6.45, 7) is 8.09. The SMILES string of the molecule is C[Si](C)(C)CCOCn1c(-c2cc(Br)c[nH]c2=O)nc2ccccc21. The second-order valence-corrected chi connectivity index (χ2v) is 13.8. The van der Waals surface area contributed by atoms with Gasteiger partial charge >= 0.3 is 0 Å². The van der Waals surface area contributed by atoms with E-state index in [1.807, 2.05) is 28.8 Å². The summed E-state index contributed by atoms with van der Waals surface area (Å²) in [7, 11) is -1.14. The van der Waals surface area contributed by atoms with Gasteiger partial charge in [0.25, 0.3) is 5.56 Å². The quantitative estimate of drug-likeness (QED) is 0.473. The Hall–Kier alpha value is -1.70. The molecule has 0 radical (unpaired) electrons. The van der Waals surface area contributed by atoms with Crippen LogP contribution in [-0.4, -0.2) is 29.2 Å². The highest BCUT2D eigenvalue weighted by atomic mass is 79.9. The van der Waals surface area contributed by atoms with E-state index in [0.717, 1.165) is 28.2 Å². The van der Waals surface area contributed by atoms with Gasteiger partial charge < -0.3 is 9.72 Å². The number of pyridine rings is 1. The van der Waals surface area contributed by atoms with E-state index in [2.05, 4.69) is 45.5 Å². The second-order valence-electron chi connectivity index (χ2n) is 7.26. The number of rotatable bonds is 6. The van der Waals surface area contributed by atoms with Crippen LogP contribution in [0.5, 0.6) is 0 Å². The second kappa shape index (κ2) is 7.27. The van der Waals surface area contributed by atoms with Crippen LogP contribution in [0.25, 0.3) is 22.4 Å². The van der Waals surface area contributed by atoms with E-state index in [1.54, 1.807) is 12.3 Å². The fourth-order valence-electron chi connectivity index (χ4n) is 2.57. The Kier molecular flexibility index (Phi) is 5.26. The van der Waals surface area contributed by atoms with Gasteiger partial charge in [-0.3, -0.25) is 9.36 Å². The van der Waals surface area contributed by atoms with Crippen LogP contribution in [0.1, 0.15) is 0 Å². The number of hydrogen-bond acceptors (Lipinski definition) is 3. The van der Waals surface area contributed by atoms with Crippen LogP contribution >= 0.6 is 15.9 Å². The first kappa shape index (κ1) is 18.1. The number of imidazole rings is 1. The van der Waals surface area contributed by atoms with Gasteiger partial charge in [0, 0.05) is 25.4 Å². The maximum absolute atomic E-state index is 12.3. The summed E-state index contributed by atoms with van der Waals surface area (Å²) in [6.07, 6.45) is 1.63. The average Bonchev–Trinajstić information content (AvgIpc) is 2.91. The van der Waals surface area contributed by atoms with E-state index in [0.29, 0.717) is 18.1 Å². The van der Waals surface area contributed by atoms with Crippen molar-refractivity contribution in [1.82, 2.24) is 14.5 Å². The lowest BCUT2D eigenvalue weighted by atomic mass is 10.2. The van der Waals surface area contributed by atoms with E-state index in [9.17, 15) is 4.79 Å². The molecule has 0 unspecified atom stereocenters. The Bertz CT molecular complexity index is 943. The summed E-state index contributed by atoms with van der Waals surface area (Å²) in [5, 5.41) is 0. The highest BCUT2D eigenvalue weighted by Crippen LogP contribution is 2.24. The number of ether oxygens (including phenoxy) is 1. The largest absolute Gasteiger partial charge is 0.361 e. The lowest BCUT2D eigenvalue weighted by Crippen LogP contribution is -2.22. The third kappa shape index (κ3) is 4.29. The molecule has 3 aromatic rings. The van der Waals surface area contributed by atoms with Gasteiger partial charge in [-0.15, -0.1) is 0 Å². The minimum atomic E-state index is -1.14. The van der Waals surface area contributed by atoms with Gasteiger partial charge in [0.05, 0.1) is 16.6 Å². The van der Waals surface area contributed by atoms with Crippen molar-refractivity contribution >= 4 is 35.0 Å². The van der Waals surface area contributed by atoms with Crippen molar-refractivity contribution in [3.05, 3.63) is 51.4 Å². The predicted octanol–water partition coefficient (Wildman–Crippen LogP) is 4.47. The first-order chi connectivity index (χ1) is 11.8. The maximum atomic E-state index is 12.3. The monoisotopic (exact) mass is 419 g/mol. The molecule has 0 saturated heterocycles. The van der Waals surface area contributed by atoms with Gasteiger partial charge in [0.2, 0.25) is 0 Å². The van der Waals surface area contributed by atoms with Crippen molar-refractivity contribution < 1.29 is 4.74 Å². The van der Waals surface area contributed by atoms with Crippen molar-refractivity contribution in [3.8, 4) is 11.4 Å². The molecule has 5 nitrogen and oxygen atoms in total. The zero-order valence-electron chi connectivity index (χ0n) is 14.7. The summed E-state index contributed by atoms with van der Waals surface area (Å²) < 4.78 is 8.70. The minimum Gasteiger partial charge on any atom is -0.361 e. The molecule has 1 N–H and O–H groups in total. The first-order valence-corrected chi connectivity index (χ1v) is 12.8. The standard InChI is InChI=1S/C18H22BrN3O2Si/c1-25(2,3)9-8-24-12-22-16-7-5-4-6-15(16)21-17(22)14-10-13(19)11-20-18(14)23/h4-7,10-11H,8-9,12H2,1-3H3,(H,20,23). The number of nitrogens with zero attached hydrogens (tertiary/aromatic N) is 2. The molecule has 0 aliphatic heterocycles. The summed E-state index contributed by atoms with van der Waals surface area (Å²) in [5.41, 5.74) is 2.18. The van der Waals surface area contributed by atoms with Crippen LogP contribution in [-0.2, 0) is 11.5 Å². The fraction of sp³-hybridized carbons (Fsp3) is 0.333. The average molecular weight is 420 g/mol. The number of H-pyrrole nitrogens is 1. The van der Waals surface area contributed by atoms with Gasteiger partial charge in [-0.25, -0.2) is 4.98 Å². The Morgan fingerprint density at radius 2 is 2.04 bits per heavy atom. The molecule has 0 bridgehead atoms. The van der Waals surface area contributed by atoms with Gasteiger partial charge in [0.15, 0.2) is 0 Å². The van der Waals surface area contributed by atoms with E-state index >= 15 is 0 Å². The zero-order valence-corrected chi connectivity index (χ0v) is 17.3. The van der Waals surface area contributed by atoms with Gasteiger partial charge in [-0.1, -0.05) is 31.8 Å². The Morgan fingerprint density at radius 3 is 2.80 bits per heavy atom. The normalized spacial score (nSPS) is 12.0. The molecule has 1 aromatic carbocycles. The van der Waals surface area contributed by atoms with Crippen molar-refractivity contribution in [1.29, 1.82) is 0 Å². The molecule has 0 saturated carbocycles. The summed E-state index contributed by atoms with van der Waals surface area (Å²) >= 11 is 3.41. The summed E-state index contributed by atoms with van der Waals surface area (Å²) in [5.74, 6) is 0.622. The molecule has 25 heavy (non-hydrogen) atoms. The number of aromatic nitrogens is 3. The number of benzene rings is 1. The molecule has 0 fully saturated rings. The number of halogens is 1. The van der Waals surface area contributed by atoms with E-state index in [1.165, 1.54) is 0 Å². The smallest absolute Gasteiger partial charge is 0.259 e. The lowest BCUT2D eigenvalue weighted by Gasteiger charge is -2.16. The maximum Gasteiger partial charge on any atom is 0.259 e. The van der Waals surface area contributed by atoms with E-state index in [-0.39, 0.29) is 5.56 Å². The summed E-state index contributed by atoms with van der Waals surface area (Å²) in [6, 6.07) is 10.8. The first-order valence-electron chi connectivity index (χ1n) is 8.27. The number of aromatic amines is 1. The van der Waals surface area contributed by atoms with Crippen molar-refractivity contribution in [2.45, 2.75) is 32.4 Å². The number of para-hydroxylation sites is 2. The Balaban J connectivity index is 1.98. The van der Waals surface area contributed by atoms with Crippen molar-refractivity contribution in [3.63, 3.8) is 0 Å². The fourth-order valence-corrected chi connectivity index (χ4v) is 3.67. The molecule has 0 spiro atoms. The minimum absolute atomic E-state index is 0.165. The van der Waals surface area contributed by atoms with Crippen molar-refractivity contribution in [2.24, 2.45) is 0 Å². The van der Waals surface area contributed by atoms with Gasteiger partial charge in [-0.05, 0) is 40.2 Å². The molecular formula is C18H22BrN3O2Si. The van der Waals surface area contributed by atoms with Crippen LogP contribution in [0.15, 0.2) is 45.8 Å². The van der Waals surface area contributed by atoms with Crippen LogP contribution in [0.2, 0.25) is 25.7 Å². The predicted molar refractivity (Wildman–Crippen MR) is 108 cm³/mol. The molecule has 2 heterocycles. The molecule has 0 aliphatic carbocycles. The van der Waals surface area contributed by atoms with Gasteiger partial charge in [0.1, 0.15) is 12.6 Å². The molecule has 7 heteroatoms. The molecule has 3 rings (SSSR count). The summed E-state index contributed by atoms with van der Waals surface area (Å²) in [4.78, 5) is 19.7. The number of hydrogen-bond donors (Lipinski definition) is 1. The lowest BCUT2D eigenvalue weighted by molar-refractivity contribution is 0.0909. The third-order valence-electron chi connectivity index (χ3n) is 3.98. The molecular weight excluding hydrogens is 398 g/mol. The van der Waals surface area contributed by atoms with Gasteiger partial charge in [-0.2, -0.15) is 0 Å². The van der Waals surface area contributed by atoms with Crippen LogP contribution in [0.3, 0.4) is 0 Å². The van der Waals surface area contributed by atoms with Crippen molar-refractivity contribution in [2.75, 3.05) is 6.61 Å². The molecule has 132 valence electrons. The van der Waals surface area contributed by atoms with Crippen LogP contribution in [0.4, 0.5) is 0 Å². The van der Waals surface area contributed by atoms with Crippen LogP contribution < -0.4 is 5.56 Å². The topological polar surface area (TPSA) is 59.9 Å². The molecule has 2 aromatic heterocycles. The molecule has 0 aliphatic rings. The van der Waals surface area contributed by atoms with Crippen LogP contribution in [0, 0.1) is 0 Å². The number of fused-ring (bicyclic) bond motifs is 1. The van der Waals surface area contributed by atoms with E-state index < -0.39 is 8.07 Å². The third-order valence-corrected chi connectivity index (χ3v) is 6.14. The highest BCUT2D eigenvalue weighted by Gasteiger charge is 2.17. The Morgan fingerprint density at radius 1 is 1.28 bits per heavy atom.